The third kappa shape index (κ3) is 3.11. The number of hydrogen-bond donors (Lipinski definition) is 1. The Morgan fingerprint density at radius 2 is 1.76 bits per heavy atom. The van der Waals surface area contributed by atoms with Crippen LogP contribution in [0.25, 0.3) is 0 Å². The van der Waals surface area contributed by atoms with Crippen LogP contribution in [0.3, 0.4) is 0 Å². The summed E-state index contributed by atoms with van der Waals surface area (Å²) < 4.78 is 0. The van der Waals surface area contributed by atoms with Gasteiger partial charge in [-0.05, 0) is 37.6 Å². The molecule has 0 radical (unpaired) electrons. The number of nitrogens with zero attached hydrogens (tertiary/aromatic N) is 1. The molecule has 4 heteroatoms. The maximum Gasteiger partial charge on any atom is 0.258 e. The summed E-state index contributed by atoms with van der Waals surface area (Å²) in [5.74, 6) is -0.0695. The number of rotatable bonds is 3. The second kappa shape index (κ2) is 6.06. The van der Waals surface area contributed by atoms with Crippen LogP contribution in [-0.2, 0) is 0 Å². The summed E-state index contributed by atoms with van der Waals surface area (Å²) in [7, 11) is 1.74. The lowest BCUT2D eigenvalue weighted by molar-refractivity contribution is 0.0992. The molecule has 2 N–H and O–H groups in total. The van der Waals surface area contributed by atoms with Gasteiger partial charge in [-0.25, -0.2) is 0 Å². The van der Waals surface area contributed by atoms with Crippen molar-refractivity contribution in [1.29, 1.82) is 0 Å². The Morgan fingerprint density at radius 3 is 2.43 bits per heavy atom. The van der Waals surface area contributed by atoms with Crippen molar-refractivity contribution >= 4 is 28.8 Å². The van der Waals surface area contributed by atoms with E-state index in [4.69, 9.17) is 18.0 Å². The number of thiocarbonyl (C=S) groups is 1. The molecule has 21 heavy (non-hydrogen) atoms. The smallest absolute Gasteiger partial charge is 0.258 e. The normalized spacial score (nSPS) is 10.2. The number of para-hydroxylation sites is 1. The van der Waals surface area contributed by atoms with E-state index in [1.54, 1.807) is 11.9 Å². The van der Waals surface area contributed by atoms with Crippen LogP contribution in [0.5, 0.6) is 0 Å². The molecule has 0 aliphatic heterocycles. The molecule has 1 amide bonds. The minimum Gasteiger partial charge on any atom is -0.389 e. The third-order valence-electron chi connectivity index (χ3n) is 3.46. The fourth-order valence-electron chi connectivity index (χ4n) is 2.23. The molecular weight excluding hydrogens is 280 g/mol. The molecule has 0 aromatic heterocycles. The van der Waals surface area contributed by atoms with Gasteiger partial charge in [-0.2, -0.15) is 0 Å². The first-order chi connectivity index (χ1) is 9.91. The van der Waals surface area contributed by atoms with Crippen molar-refractivity contribution in [2.24, 2.45) is 5.73 Å². The van der Waals surface area contributed by atoms with Crippen molar-refractivity contribution in [3.63, 3.8) is 0 Å². The Morgan fingerprint density at radius 1 is 1.10 bits per heavy atom. The van der Waals surface area contributed by atoms with Crippen LogP contribution >= 0.6 is 12.2 Å². The predicted octanol–water partition coefficient (Wildman–Crippen LogP) is 3.21. The van der Waals surface area contributed by atoms with Gasteiger partial charge in [0.2, 0.25) is 0 Å². The van der Waals surface area contributed by atoms with Crippen LogP contribution in [0.2, 0.25) is 0 Å². The van der Waals surface area contributed by atoms with Crippen molar-refractivity contribution in [3.8, 4) is 0 Å². The molecule has 0 unspecified atom stereocenters. The Labute approximate surface area is 130 Å². The largest absolute Gasteiger partial charge is 0.389 e. The number of benzene rings is 2. The maximum absolute atomic E-state index is 12.7. The molecule has 0 saturated carbocycles. The van der Waals surface area contributed by atoms with Crippen molar-refractivity contribution < 1.29 is 4.79 Å². The molecule has 108 valence electrons. The molecule has 0 aliphatic rings. The summed E-state index contributed by atoms with van der Waals surface area (Å²) in [6.45, 7) is 3.90. The van der Waals surface area contributed by atoms with Crippen LogP contribution in [0, 0.1) is 13.8 Å². The first-order valence-corrected chi connectivity index (χ1v) is 7.06. The SMILES string of the molecule is Cc1ccc(C)c(C(=O)N(C)c2ccccc2C(N)=S)c1. The predicted molar refractivity (Wildman–Crippen MR) is 91.0 cm³/mol. The highest BCUT2D eigenvalue weighted by molar-refractivity contribution is 7.80. The van der Waals surface area contributed by atoms with Crippen LogP contribution in [-0.4, -0.2) is 17.9 Å². The van der Waals surface area contributed by atoms with E-state index < -0.39 is 0 Å². The lowest BCUT2D eigenvalue weighted by Crippen LogP contribution is -2.29. The second-order valence-electron chi connectivity index (χ2n) is 5.06. The summed E-state index contributed by atoms with van der Waals surface area (Å²) in [6, 6.07) is 13.2. The molecule has 0 aliphatic carbocycles. The zero-order valence-corrected chi connectivity index (χ0v) is 13.2. The molecule has 2 rings (SSSR count). The number of hydrogen-bond acceptors (Lipinski definition) is 2. The van der Waals surface area contributed by atoms with E-state index in [1.165, 1.54) is 0 Å². The summed E-state index contributed by atoms with van der Waals surface area (Å²) in [5.41, 5.74) is 9.85. The summed E-state index contributed by atoms with van der Waals surface area (Å²) in [5, 5.41) is 0. The van der Waals surface area contributed by atoms with Gasteiger partial charge in [0.25, 0.3) is 5.91 Å². The number of amides is 1. The lowest BCUT2D eigenvalue weighted by Gasteiger charge is -2.21. The van der Waals surface area contributed by atoms with Crippen LogP contribution < -0.4 is 10.6 Å². The highest BCUT2D eigenvalue weighted by Crippen LogP contribution is 2.22. The van der Waals surface area contributed by atoms with Crippen LogP contribution in [0.1, 0.15) is 27.0 Å². The number of carbonyl (C=O) groups is 1. The first-order valence-electron chi connectivity index (χ1n) is 6.66. The maximum atomic E-state index is 12.7. The molecule has 0 bridgehead atoms. The van der Waals surface area contributed by atoms with Crippen LogP contribution in [0.15, 0.2) is 42.5 Å². The van der Waals surface area contributed by atoms with E-state index in [9.17, 15) is 4.79 Å². The molecule has 2 aromatic carbocycles. The number of nitrogens with two attached hydrogens (primary N) is 1. The standard InChI is InChI=1S/C17H18N2OS/c1-11-8-9-12(2)14(10-11)17(20)19(3)15-7-5-4-6-13(15)16(18)21/h4-10H,1-3H3,(H2,18,21). The number of anilines is 1. The van der Waals surface area contributed by atoms with Gasteiger partial charge in [0, 0.05) is 18.2 Å². The van der Waals surface area contributed by atoms with Crippen molar-refractivity contribution in [2.45, 2.75) is 13.8 Å². The second-order valence-corrected chi connectivity index (χ2v) is 5.50. The van der Waals surface area contributed by atoms with E-state index in [0.717, 1.165) is 16.8 Å². The number of aryl methyl sites for hydroxylation is 2. The fraction of sp³-hybridized carbons (Fsp3) is 0.176. The van der Waals surface area contributed by atoms with Gasteiger partial charge < -0.3 is 10.6 Å². The Kier molecular flexibility index (Phi) is 4.38. The van der Waals surface area contributed by atoms with Crippen molar-refractivity contribution in [3.05, 3.63) is 64.7 Å². The molecule has 0 heterocycles. The van der Waals surface area contributed by atoms with E-state index in [0.29, 0.717) is 11.1 Å². The van der Waals surface area contributed by atoms with Gasteiger partial charge in [-0.3, -0.25) is 4.79 Å². The van der Waals surface area contributed by atoms with E-state index in [2.05, 4.69) is 0 Å². The average Bonchev–Trinajstić information content (AvgIpc) is 2.48. The first kappa shape index (κ1) is 15.2. The Bertz CT molecular complexity index is 710. The monoisotopic (exact) mass is 298 g/mol. The van der Waals surface area contributed by atoms with Gasteiger partial charge >= 0.3 is 0 Å². The molecule has 3 nitrogen and oxygen atoms in total. The summed E-state index contributed by atoms with van der Waals surface area (Å²) in [6.07, 6.45) is 0. The van der Waals surface area contributed by atoms with Gasteiger partial charge in [-0.15, -0.1) is 0 Å². The lowest BCUT2D eigenvalue weighted by atomic mass is 10.0. The van der Waals surface area contributed by atoms with Crippen LogP contribution in [0.4, 0.5) is 5.69 Å². The van der Waals surface area contributed by atoms with Crippen molar-refractivity contribution in [1.82, 2.24) is 0 Å². The molecular formula is C17H18N2OS. The third-order valence-corrected chi connectivity index (χ3v) is 3.68. The minimum absolute atomic E-state index is 0.0695. The minimum atomic E-state index is -0.0695. The average molecular weight is 298 g/mol. The fourth-order valence-corrected chi connectivity index (χ4v) is 2.40. The molecule has 0 spiro atoms. The van der Waals surface area contributed by atoms with Gasteiger partial charge in [-0.1, -0.05) is 42.0 Å². The quantitative estimate of drug-likeness (QED) is 0.885. The van der Waals surface area contributed by atoms with E-state index in [1.807, 2.05) is 56.3 Å². The molecule has 0 fully saturated rings. The highest BCUT2D eigenvalue weighted by Gasteiger charge is 2.18. The van der Waals surface area contributed by atoms with E-state index in [-0.39, 0.29) is 10.9 Å². The summed E-state index contributed by atoms with van der Waals surface area (Å²) >= 11 is 5.06. The van der Waals surface area contributed by atoms with E-state index >= 15 is 0 Å². The molecule has 0 saturated heterocycles. The van der Waals surface area contributed by atoms with Gasteiger partial charge in [0.15, 0.2) is 0 Å². The van der Waals surface area contributed by atoms with Gasteiger partial charge in [0.1, 0.15) is 4.99 Å². The van der Waals surface area contributed by atoms with Gasteiger partial charge in [0.05, 0.1) is 5.69 Å². The molecule has 2 aromatic rings. The Balaban J connectivity index is 2.45. The highest BCUT2D eigenvalue weighted by atomic mass is 32.1. The Hall–Kier alpha value is -2.20. The topological polar surface area (TPSA) is 46.3 Å². The summed E-state index contributed by atoms with van der Waals surface area (Å²) in [4.78, 5) is 14.6. The molecule has 0 atom stereocenters. The number of carbonyl (C=O) groups excluding carboxylic acids is 1. The zero-order chi connectivity index (χ0) is 15.6. The van der Waals surface area contributed by atoms with Crippen molar-refractivity contribution in [2.75, 3.05) is 11.9 Å². The zero-order valence-electron chi connectivity index (χ0n) is 12.4.